The van der Waals surface area contributed by atoms with Crippen molar-refractivity contribution in [3.8, 4) is 5.75 Å². The minimum absolute atomic E-state index is 0.0971. The molecule has 0 amide bonds. The first-order chi connectivity index (χ1) is 16.9. The fourth-order valence-electron chi connectivity index (χ4n) is 4.97. The monoisotopic (exact) mass is 481 g/mol. The highest BCUT2D eigenvalue weighted by Gasteiger charge is 2.42. The van der Waals surface area contributed by atoms with Crippen LogP contribution in [0.15, 0.2) is 102 Å². The Bertz CT molecular complexity index is 1350. The molecular formula is C31H28ClNO2. The average Bonchev–Trinajstić information content (AvgIpc) is 2.87. The second-order valence-corrected chi connectivity index (χ2v) is 10.2. The van der Waals surface area contributed by atoms with Crippen LogP contribution in [0.4, 0.5) is 0 Å². The van der Waals surface area contributed by atoms with Crippen LogP contribution in [-0.4, -0.2) is 12.9 Å². The van der Waals surface area contributed by atoms with Crippen molar-refractivity contribution in [2.24, 2.45) is 5.41 Å². The lowest BCUT2D eigenvalue weighted by Gasteiger charge is -2.40. The van der Waals surface area contributed by atoms with Crippen LogP contribution in [0.25, 0.3) is 11.8 Å². The van der Waals surface area contributed by atoms with Crippen LogP contribution in [-0.2, 0) is 4.79 Å². The summed E-state index contributed by atoms with van der Waals surface area (Å²) >= 11 is 6.13. The number of carbonyl (C=O) groups is 1. The lowest BCUT2D eigenvalue weighted by atomic mass is 9.67. The van der Waals surface area contributed by atoms with Crippen molar-refractivity contribution in [2.75, 3.05) is 7.11 Å². The molecule has 176 valence electrons. The van der Waals surface area contributed by atoms with E-state index >= 15 is 0 Å². The van der Waals surface area contributed by atoms with Gasteiger partial charge in [0.05, 0.1) is 7.11 Å². The van der Waals surface area contributed by atoms with Crippen molar-refractivity contribution in [3.05, 3.63) is 123 Å². The molecule has 0 fully saturated rings. The number of hydrogen-bond acceptors (Lipinski definition) is 3. The summed E-state index contributed by atoms with van der Waals surface area (Å²) in [6, 6.07) is 25.9. The minimum Gasteiger partial charge on any atom is -0.497 e. The Balaban J connectivity index is 1.60. The number of methoxy groups -OCH3 is 1. The second-order valence-electron chi connectivity index (χ2n) is 9.71. The summed E-state index contributed by atoms with van der Waals surface area (Å²) in [6.45, 7) is 4.28. The topological polar surface area (TPSA) is 38.3 Å². The van der Waals surface area contributed by atoms with Crippen LogP contribution in [0.1, 0.15) is 42.9 Å². The highest BCUT2D eigenvalue weighted by atomic mass is 35.5. The van der Waals surface area contributed by atoms with Crippen LogP contribution in [0, 0.1) is 5.41 Å². The Hall–Kier alpha value is -3.56. The molecule has 0 spiro atoms. The number of hydrogen-bond donors (Lipinski definition) is 1. The minimum atomic E-state index is -0.327. The second kappa shape index (κ2) is 9.24. The molecule has 1 aliphatic heterocycles. The molecule has 1 unspecified atom stereocenters. The number of allylic oxidation sites excluding steroid dienone is 4. The van der Waals surface area contributed by atoms with E-state index in [0.717, 1.165) is 51.4 Å². The number of ether oxygens (including phenoxy) is 1. The summed E-state index contributed by atoms with van der Waals surface area (Å²) in [4.78, 5) is 14.1. The lowest BCUT2D eigenvalue weighted by molar-refractivity contribution is -0.113. The lowest BCUT2D eigenvalue weighted by Crippen LogP contribution is -2.37. The number of dihydropyridines is 1. The van der Waals surface area contributed by atoms with E-state index in [1.54, 1.807) is 7.11 Å². The highest BCUT2D eigenvalue weighted by molar-refractivity contribution is 6.30. The number of ketones is 1. The standard InChI is InChI=1S/C31H28ClNO2/c1-31(2)19-28-29(30(34)26(31)17-20-9-15-24(35-3)16-10-20)25(21-7-5-4-6-8-21)18-27(33-28)22-11-13-23(32)14-12-22/h4-18,25,33H,19H2,1-3H3/b26-17+. The van der Waals surface area contributed by atoms with Gasteiger partial charge in [0, 0.05) is 33.5 Å². The predicted molar refractivity (Wildman–Crippen MR) is 143 cm³/mol. The Morgan fingerprint density at radius 3 is 2.31 bits per heavy atom. The van der Waals surface area contributed by atoms with Gasteiger partial charge in [-0.15, -0.1) is 0 Å². The molecule has 0 saturated carbocycles. The maximum Gasteiger partial charge on any atom is 0.188 e. The van der Waals surface area contributed by atoms with E-state index in [2.05, 4.69) is 37.4 Å². The number of carbonyl (C=O) groups excluding carboxylic acids is 1. The molecule has 2 aliphatic rings. The fraction of sp³-hybridized carbons (Fsp3) is 0.194. The predicted octanol–water partition coefficient (Wildman–Crippen LogP) is 7.41. The van der Waals surface area contributed by atoms with Gasteiger partial charge >= 0.3 is 0 Å². The molecule has 0 radical (unpaired) electrons. The molecule has 4 heteroatoms. The zero-order chi connectivity index (χ0) is 24.6. The van der Waals surface area contributed by atoms with Gasteiger partial charge in [-0.3, -0.25) is 4.79 Å². The summed E-state index contributed by atoms with van der Waals surface area (Å²) in [5.74, 6) is 0.757. The highest BCUT2D eigenvalue weighted by Crippen LogP contribution is 2.48. The smallest absolute Gasteiger partial charge is 0.188 e. The Morgan fingerprint density at radius 1 is 0.971 bits per heavy atom. The molecule has 1 N–H and O–H groups in total. The van der Waals surface area contributed by atoms with Crippen molar-refractivity contribution in [2.45, 2.75) is 26.2 Å². The normalized spacial score (nSPS) is 20.2. The van der Waals surface area contributed by atoms with E-state index in [0.29, 0.717) is 5.02 Å². The Morgan fingerprint density at radius 2 is 1.66 bits per heavy atom. The summed E-state index contributed by atoms with van der Waals surface area (Å²) in [6.07, 6.45) is 4.94. The van der Waals surface area contributed by atoms with Gasteiger partial charge in [-0.05, 0) is 64.9 Å². The molecule has 0 aromatic heterocycles. The van der Waals surface area contributed by atoms with E-state index in [1.807, 2.05) is 72.8 Å². The van der Waals surface area contributed by atoms with Crippen molar-refractivity contribution in [1.82, 2.24) is 5.32 Å². The maximum atomic E-state index is 14.1. The zero-order valence-corrected chi connectivity index (χ0v) is 20.9. The number of Topliss-reactive ketones (excluding diaryl/α,β-unsaturated/α-hetero) is 1. The van der Waals surface area contributed by atoms with Gasteiger partial charge in [0.1, 0.15) is 5.75 Å². The van der Waals surface area contributed by atoms with Crippen molar-refractivity contribution in [1.29, 1.82) is 0 Å². The number of halogens is 1. The van der Waals surface area contributed by atoms with Gasteiger partial charge in [-0.25, -0.2) is 0 Å². The van der Waals surface area contributed by atoms with Crippen LogP contribution in [0.3, 0.4) is 0 Å². The molecule has 35 heavy (non-hydrogen) atoms. The fourth-order valence-corrected chi connectivity index (χ4v) is 5.09. The number of rotatable bonds is 4. The van der Waals surface area contributed by atoms with E-state index in [4.69, 9.17) is 16.3 Å². The number of benzene rings is 3. The summed E-state index contributed by atoms with van der Waals surface area (Å²) in [7, 11) is 1.65. The average molecular weight is 482 g/mol. The molecule has 3 nitrogen and oxygen atoms in total. The molecule has 1 heterocycles. The largest absolute Gasteiger partial charge is 0.497 e. The molecule has 0 saturated heterocycles. The van der Waals surface area contributed by atoms with Crippen LogP contribution >= 0.6 is 11.6 Å². The molecule has 1 aliphatic carbocycles. The van der Waals surface area contributed by atoms with Crippen LogP contribution in [0.2, 0.25) is 5.02 Å². The van der Waals surface area contributed by atoms with E-state index in [1.165, 1.54) is 0 Å². The third kappa shape index (κ3) is 4.56. The van der Waals surface area contributed by atoms with Crippen molar-refractivity contribution < 1.29 is 9.53 Å². The van der Waals surface area contributed by atoms with Gasteiger partial charge < -0.3 is 10.1 Å². The first-order valence-corrected chi connectivity index (χ1v) is 12.2. The molecule has 5 rings (SSSR count). The van der Waals surface area contributed by atoms with Gasteiger partial charge in [0.2, 0.25) is 0 Å². The molecule has 1 atom stereocenters. The first kappa shape index (κ1) is 23.2. The number of nitrogens with one attached hydrogen (secondary N) is 1. The van der Waals surface area contributed by atoms with Gasteiger partial charge in [0.15, 0.2) is 5.78 Å². The van der Waals surface area contributed by atoms with Crippen molar-refractivity contribution in [3.63, 3.8) is 0 Å². The molecular weight excluding hydrogens is 454 g/mol. The van der Waals surface area contributed by atoms with E-state index < -0.39 is 0 Å². The van der Waals surface area contributed by atoms with Crippen molar-refractivity contribution >= 4 is 29.2 Å². The Kier molecular flexibility index (Phi) is 6.12. The third-order valence-corrected chi connectivity index (χ3v) is 7.08. The van der Waals surface area contributed by atoms with Crippen LogP contribution in [0.5, 0.6) is 5.75 Å². The van der Waals surface area contributed by atoms with Crippen LogP contribution < -0.4 is 10.1 Å². The molecule has 3 aromatic carbocycles. The SMILES string of the molecule is COc1ccc(/C=C2\C(=O)C3=C(CC2(C)C)NC(c2ccc(Cl)cc2)=CC3c2ccccc2)cc1. The van der Waals surface area contributed by atoms with Gasteiger partial charge in [-0.1, -0.05) is 80.0 Å². The third-order valence-electron chi connectivity index (χ3n) is 6.83. The first-order valence-electron chi connectivity index (χ1n) is 11.8. The molecule has 3 aromatic rings. The molecule has 0 bridgehead atoms. The van der Waals surface area contributed by atoms with E-state index in [-0.39, 0.29) is 17.1 Å². The quantitative estimate of drug-likeness (QED) is 0.394. The summed E-state index contributed by atoms with van der Waals surface area (Å²) in [5, 5.41) is 4.31. The van der Waals surface area contributed by atoms with Gasteiger partial charge in [-0.2, -0.15) is 0 Å². The van der Waals surface area contributed by atoms with E-state index in [9.17, 15) is 4.79 Å². The Labute approximate surface area is 211 Å². The van der Waals surface area contributed by atoms with Gasteiger partial charge in [0.25, 0.3) is 0 Å². The summed E-state index contributed by atoms with van der Waals surface area (Å²) < 4.78 is 5.29. The zero-order valence-electron chi connectivity index (χ0n) is 20.1. The maximum absolute atomic E-state index is 14.1. The summed E-state index contributed by atoms with van der Waals surface area (Å²) in [5.41, 5.74) is 6.46.